The van der Waals surface area contributed by atoms with Crippen LogP contribution in [0.1, 0.15) is 11.7 Å². The highest BCUT2D eigenvalue weighted by Crippen LogP contribution is 2.26. The number of hydrogen-bond acceptors (Lipinski definition) is 5. The molecule has 0 fully saturated rings. The first-order chi connectivity index (χ1) is 7.49. The van der Waals surface area contributed by atoms with Crippen LogP contribution in [0.4, 0.5) is 10.1 Å². The van der Waals surface area contributed by atoms with E-state index in [4.69, 9.17) is 5.73 Å². The fraction of sp³-hybridized carbons (Fsp3) is 0.333. The SMILES string of the molecule is NCC(O)C(O)c1cccc([N+](=O)[O-])c1F. The summed E-state index contributed by atoms with van der Waals surface area (Å²) in [5, 5.41) is 29.1. The van der Waals surface area contributed by atoms with Gasteiger partial charge in [-0.05, 0) is 0 Å². The molecule has 0 saturated heterocycles. The third-order valence-corrected chi connectivity index (χ3v) is 2.13. The largest absolute Gasteiger partial charge is 0.389 e. The molecule has 2 unspecified atom stereocenters. The molecular formula is C9H11FN2O4. The van der Waals surface area contributed by atoms with Gasteiger partial charge in [0, 0.05) is 18.2 Å². The fourth-order valence-electron chi connectivity index (χ4n) is 1.24. The normalized spacial score (nSPS) is 14.5. The number of nitrogens with two attached hydrogens (primary N) is 1. The Morgan fingerprint density at radius 2 is 2.12 bits per heavy atom. The summed E-state index contributed by atoms with van der Waals surface area (Å²) in [7, 11) is 0. The molecule has 1 aromatic carbocycles. The first-order valence-corrected chi connectivity index (χ1v) is 4.48. The van der Waals surface area contributed by atoms with E-state index in [2.05, 4.69) is 0 Å². The quantitative estimate of drug-likeness (QED) is 0.501. The van der Waals surface area contributed by atoms with Crippen molar-refractivity contribution in [2.24, 2.45) is 5.73 Å². The van der Waals surface area contributed by atoms with Gasteiger partial charge < -0.3 is 15.9 Å². The van der Waals surface area contributed by atoms with Crippen molar-refractivity contribution in [3.8, 4) is 0 Å². The van der Waals surface area contributed by atoms with Gasteiger partial charge in [-0.3, -0.25) is 10.1 Å². The number of nitro groups is 1. The zero-order valence-electron chi connectivity index (χ0n) is 8.21. The second kappa shape index (κ2) is 4.97. The van der Waals surface area contributed by atoms with E-state index in [1.165, 1.54) is 6.07 Å². The standard InChI is InChI=1S/C9H11FN2O4/c10-8-5(9(14)7(13)4-11)2-1-3-6(8)12(15)16/h1-3,7,9,13-14H,4,11H2. The number of nitrogens with zero attached hydrogens (tertiary/aromatic N) is 1. The molecule has 0 radical (unpaired) electrons. The molecule has 1 aromatic rings. The van der Waals surface area contributed by atoms with Crippen LogP contribution >= 0.6 is 0 Å². The lowest BCUT2D eigenvalue weighted by molar-refractivity contribution is -0.387. The number of aliphatic hydroxyl groups is 2. The Hall–Kier alpha value is -1.57. The highest BCUT2D eigenvalue weighted by atomic mass is 19.1. The van der Waals surface area contributed by atoms with Crippen molar-refractivity contribution in [1.29, 1.82) is 0 Å². The highest BCUT2D eigenvalue weighted by molar-refractivity contribution is 5.38. The third kappa shape index (κ3) is 2.32. The number of rotatable bonds is 4. The molecule has 88 valence electrons. The van der Waals surface area contributed by atoms with E-state index in [1.807, 2.05) is 0 Å². The first kappa shape index (κ1) is 12.5. The van der Waals surface area contributed by atoms with Crippen LogP contribution in [0, 0.1) is 15.9 Å². The summed E-state index contributed by atoms with van der Waals surface area (Å²) in [4.78, 5) is 9.53. The lowest BCUT2D eigenvalue weighted by Gasteiger charge is -2.16. The molecule has 0 spiro atoms. The highest BCUT2D eigenvalue weighted by Gasteiger charge is 2.25. The van der Waals surface area contributed by atoms with Gasteiger partial charge >= 0.3 is 5.69 Å². The summed E-state index contributed by atoms with van der Waals surface area (Å²) in [5.74, 6) is -1.16. The second-order valence-corrected chi connectivity index (χ2v) is 3.19. The van der Waals surface area contributed by atoms with Gasteiger partial charge in [0.15, 0.2) is 0 Å². The summed E-state index contributed by atoms with van der Waals surface area (Å²) in [6.45, 7) is -0.275. The minimum Gasteiger partial charge on any atom is -0.389 e. The smallest absolute Gasteiger partial charge is 0.305 e. The third-order valence-electron chi connectivity index (χ3n) is 2.13. The zero-order valence-corrected chi connectivity index (χ0v) is 8.21. The summed E-state index contributed by atoms with van der Waals surface area (Å²) < 4.78 is 13.5. The average Bonchev–Trinajstić information content (AvgIpc) is 2.27. The maximum atomic E-state index is 13.5. The van der Waals surface area contributed by atoms with Gasteiger partial charge in [0.2, 0.25) is 5.82 Å². The van der Waals surface area contributed by atoms with Gasteiger partial charge in [0.25, 0.3) is 0 Å². The van der Waals surface area contributed by atoms with Gasteiger partial charge in [0.1, 0.15) is 6.10 Å². The van der Waals surface area contributed by atoms with E-state index in [0.29, 0.717) is 0 Å². The molecule has 7 heteroatoms. The van der Waals surface area contributed by atoms with Gasteiger partial charge in [-0.2, -0.15) is 4.39 Å². The molecule has 0 aromatic heterocycles. The molecule has 0 aliphatic rings. The van der Waals surface area contributed by atoms with E-state index in [-0.39, 0.29) is 12.1 Å². The topological polar surface area (TPSA) is 110 Å². The molecule has 0 aliphatic carbocycles. The van der Waals surface area contributed by atoms with Crippen molar-refractivity contribution in [1.82, 2.24) is 0 Å². The maximum Gasteiger partial charge on any atom is 0.305 e. The van der Waals surface area contributed by atoms with Crippen molar-refractivity contribution >= 4 is 5.69 Å². The maximum absolute atomic E-state index is 13.5. The molecule has 0 amide bonds. The Balaban J connectivity index is 3.15. The number of benzene rings is 1. The summed E-state index contributed by atoms with van der Waals surface area (Å²) in [5.41, 5.74) is 4.00. The molecular weight excluding hydrogens is 219 g/mol. The van der Waals surface area contributed by atoms with Crippen LogP contribution in [0.2, 0.25) is 0 Å². The van der Waals surface area contributed by atoms with Gasteiger partial charge in [-0.25, -0.2) is 0 Å². The van der Waals surface area contributed by atoms with Crippen molar-refractivity contribution in [2.75, 3.05) is 6.54 Å². The van der Waals surface area contributed by atoms with Crippen LogP contribution in [0.3, 0.4) is 0 Å². The zero-order chi connectivity index (χ0) is 12.3. The Labute approximate surface area is 90.3 Å². The van der Waals surface area contributed by atoms with E-state index >= 15 is 0 Å². The monoisotopic (exact) mass is 230 g/mol. The van der Waals surface area contributed by atoms with Crippen LogP contribution in [-0.2, 0) is 0 Å². The number of nitro benzene ring substituents is 1. The molecule has 2 atom stereocenters. The van der Waals surface area contributed by atoms with Crippen molar-refractivity contribution in [3.05, 3.63) is 39.7 Å². The summed E-state index contributed by atoms with van der Waals surface area (Å²) in [6.07, 6.45) is -2.94. The Morgan fingerprint density at radius 1 is 1.50 bits per heavy atom. The van der Waals surface area contributed by atoms with E-state index in [0.717, 1.165) is 12.1 Å². The minimum absolute atomic E-state index is 0.275. The van der Waals surface area contributed by atoms with Gasteiger partial charge in [0.05, 0.1) is 11.0 Å². The summed E-state index contributed by atoms with van der Waals surface area (Å²) in [6, 6.07) is 3.36. The van der Waals surface area contributed by atoms with Crippen LogP contribution < -0.4 is 5.73 Å². The lowest BCUT2D eigenvalue weighted by atomic mass is 10.0. The molecule has 0 heterocycles. The molecule has 0 saturated carbocycles. The molecule has 4 N–H and O–H groups in total. The molecule has 1 rings (SSSR count). The molecule has 6 nitrogen and oxygen atoms in total. The van der Waals surface area contributed by atoms with E-state index in [1.54, 1.807) is 0 Å². The number of aliphatic hydroxyl groups excluding tert-OH is 2. The van der Waals surface area contributed by atoms with E-state index in [9.17, 15) is 24.7 Å². The second-order valence-electron chi connectivity index (χ2n) is 3.19. The van der Waals surface area contributed by atoms with Gasteiger partial charge in [-0.1, -0.05) is 12.1 Å². The predicted octanol–water partition coefficient (Wildman–Crippen LogP) is 0.0869. The molecule has 0 aliphatic heterocycles. The minimum atomic E-state index is -1.58. The Bertz CT molecular complexity index is 399. The Morgan fingerprint density at radius 3 is 2.62 bits per heavy atom. The van der Waals surface area contributed by atoms with Crippen molar-refractivity contribution < 1.29 is 19.5 Å². The molecule has 16 heavy (non-hydrogen) atoms. The van der Waals surface area contributed by atoms with Crippen molar-refractivity contribution in [2.45, 2.75) is 12.2 Å². The summed E-state index contributed by atoms with van der Waals surface area (Å²) >= 11 is 0. The average molecular weight is 230 g/mol. The van der Waals surface area contributed by atoms with E-state index < -0.39 is 28.6 Å². The fourth-order valence-corrected chi connectivity index (χ4v) is 1.24. The lowest BCUT2D eigenvalue weighted by Crippen LogP contribution is -2.27. The van der Waals surface area contributed by atoms with Gasteiger partial charge in [-0.15, -0.1) is 0 Å². The number of halogens is 1. The van der Waals surface area contributed by atoms with Crippen LogP contribution in [0.15, 0.2) is 18.2 Å². The van der Waals surface area contributed by atoms with Crippen LogP contribution in [0.5, 0.6) is 0 Å². The predicted molar refractivity (Wildman–Crippen MR) is 53.1 cm³/mol. The Kier molecular flexibility index (Phi) is 3.88. The van der Waals surface area contributed by atoms with Crippen molar-refractivity contribution in [3.63, 3.8) is 0 Å². The van der Waals surface area contributed by atoms with Crippen LogP contribution in [-0.4, -0.2) is 27.8 Å². The number of hydrogen-bond donors (Lipinski definition) is 3. The first-order valence-electron chi connectivity index (χ1n) is 4.48. The van der Waals surface area contributed by atoms with Crippen LogP contribution in [0.25, 0.3) is 0 Å². The molecule has 0 bridgehead atoms.